The van der Waals surface area contributed by atoms with Crippen LogP contribution in [0.3, 0.4) is 0 Å². The van der Waals surface area contributed by atoms with E-state index in [1.165, 1.54) is 30.5 Å². The van der Waals surface area contributed by atoms with Gasteiger partial charge in [0.05, 0.1) is 17.0 Å². The summed E-state index contributed by atoms with van der Waals surface area (Å²) in [5, 5.41) is 8.62. The third kappa shape index (κ3) is 3.25. The van der Waals surface area contributed by atoms with Crippen LogP contribution in [0.1, 0.15) is 28.9 Å². The van der Waals surface area contributed by atoms with Gasteiger partial charge in [0.25, 0.3) is 10.0 Å². The maximum Gasteiger partial charge on any atom is 0.303 e. The van der Waals surface area contributed by atoms with Crippen molar-refractivity contribution in [2.45, 2.75) is 24.7 Å². The maximum atomic E-state index is 12.6. The third-order valence-corrected chi connectivity index (χ3v) is 4.85. The maximum absolute atomic E-state index is 12.6. The van der Waals surface area contributed by atoms with Crippen molar-refractivity contribution in [2.75, 3.05) is 0 Å². The Bertz CT molecular complexity index is 803. The predicted octanol–water partition coefficient (Wildman–Crippen LogP) is 2.08. The lowest BCUT2D eigenvalue weighted by atomic mass is 10.2. The minimum atomic E-state index is -3.88. The van der Waals surface area contributed by atoms with Crippen molar-refractivity contribution < 1.29 is 23.1 Å². The number of ketones is 1. The predicted molar refractivity (Wildman–Crippen MR) is 79.4 cm³/mol. The van der Waals surface area contributed by atoms with Gasteiger partial charge in [0.1, 0.15) is 0 Å². The molecule has 0 radical (unpaired) electrons. The molecule has 6 nitrogen and oxygen atoms in total. The summed E-state index contributed by atoms with van der Waals surface area (Å²) in [7, 11) is -3.88. The zero-order valence-corrected chi connectivity index (χ0v) is 12.7. The Morgan fingerprint density at radius 2 is 1.73 bits per heavy atom. The molecule has 1 aromatic carbocycles. The number of carboxylic acid groups (broad SMARTS) is 1. The van der Waals surface area contributed by atoms with Gasteiger partial charge in [-0.05, 0) is 31.2 Å². The van der Waals surface area contributed by atoms with Gasteiger partial charge in [0.2, 0.25) is 0 Å². The molecule has 0 spiro atoms. The first-order chi connectivity index (χ1) is 10.3. The molecule has 0 fully saturated rings. The van der Waals surface area contributed by atoms with Gasteiger partial charge in [0.15, 0.2) is 5.78 Å². The number of hydrogen-bond donors (Lipinski definition) is 1. The minimum absolute atomic E-state index is 0.0400. The van der Waals surface area contributed by atoms with Crippen molar-refractivity contribution in [1.82, 2.24) is 3.97 Å². The van der Waals surface area contributed by atoms with Crippen molar-refractivity contribution in [2.24, 2.45) is 0 Å². The highest BCUT2D eigenvalue weighted by molar-refractivity contribution is 7.90. The lowest BCUT2D eigenvalue weighted by Gasteiger charge is -2.10. The second-order valence-electron chi connectivity index (χ2n) is 4.82. The van der Waals surface area contributed by atoms with E-state index in [2.05, 4.69) is 0 Å². The summed E-state index contributed by atoms with van der Waals surface area (Å²) in [5.41, 5.74) is 0.881. The molecular formula is C15H15NO5S. The SMILES string of the molecule is Cc1ccc(S(=O)(=O)n2cccc2C(=O)CCC(=O)O)cc1. The number of carboxylic acids is 1. The number of aliphatic carboxylic acids is 1. The summed E-state index contributed by atoms with van der Waals surface area (Å²) in [6.45, 7) is 1.84. The van der Waals surface area contributed by atoms with Crippen molar-refractivity contribution in [3.8, 4) is 0 Å². The molecule has 0 bridgehead atoms. The molecule has 0 aliphatic heterocycles. The smallest absolute Gasteiger partial charge is 0.303 e. The number of nitrogens with zero attached hydrogens (tertiary/aromatic N) is 1. The molecule has 0 atom stereocenters. The van der Waals surface area contributed by atoms with E-state index in [-0.39, 0.29) is 23.4 Å². The second kappa shape index (κ2) is 6.15. The average molecular weight is 321 g/mol. The zero-order valence-electron chi connectivity index (χ0n) is 11.9. The number of aryl methyl sites for hydroxylation is 1. The largest absolute Gasteiger partial charge is 0.481 e. The first kappa shape index (κ1) is 16.0. The molecule has 2 aromatic rings. The molecule has 1 N–H and O–H groups in total. The molecule has 0 aliphatic rings. The van der Waals surface area contributed by atoms with Gasteiger partial charge in [-0.3, -0.25) is 9.59 Å². The lowest BCUT2D eigenvalue weighted by Crippen LogP contribution is -2.18. The molecule has 7 heteroatoms. The summed E-state index contributed by atoms with van der Waals surface area (Å²) >= 11 is 0. The topological polar surface area (TPSA) is 93.4 Å². The number of carbonyl (C=O) groups excluding carboxylic acids is 1. The highest BCUT2D eigenvalue weighted by Crippen LogP contribution is 2.18. The van der Waals surface area contributed by atoms with E-state index in [1.54, 1.807) is 12.1 Å². The zero-order chi connectivity index (χ0) is 16.3. The molecule has 22 heavy (non-hydrogen) atoms. The van der Waals surface area contributed by atoms with E-state index < -0.39 is 21.8 Å². The second-order valence-corrected chi connectivity index (χ2v) is 6.64. The molecule has 116 valence electrons. The number of rotatable bonds is 6. The Kier molecular flexibility index (Phi) is 4.46. The van der Waals surface area contributed by atoms with Gasteiger partial charge in [-0.1, -0.05) is 17.7 Å². The third-order valence-electron chi connectivity index (χ3n) is 3.14. The Morgan fingerprint density at radius 3 is 2.32 bits per heavy atom. The number of hydrogen-bond acceptors (Lipinski definition) is 4. The van der Waals surface area contributed by atoms with Gasteiger partial charge in [-0.25, -0.2) is 12.4 Å². The molecule has 2 rings (SSSR count). The first-order valence-electron chi connectivity index (χ1n) is 6.57. The van der Waals surface area contributed by atoms with Gasteiger partial charge in [-0.2, -0.15) is 0 Å². The number of Topliss-reactive ketones (excluding diaryl/α,β-unsaturated/α-hetero) is 1. The highest BCUT2D eigenvalue weighted by atomic mass is 32.2. The molecule has 0 aliphatic carbocycles. The van der Waals surface area contributed by atoms with E-state index in [9.17, 15) is 18.0 Å². The van der Waals surface area contributed by atoms with E-state index in [1.807, 2.05) is 6.92 Å². The van der Waals surface area contributed by atoms with Crippen molar-refractivity contribution in [3.05, 3.63) is 53.9 Å². The van der Waals surface area contributed by atoms with Crippen LogP contribution in [0.15, 0.2) is 47.5 Å². The fourth-order valence-corrected chi connectivity index (χ4v) is 3.32. The number of benzene rings is 1. The number of aromatic nitrogens is 1. The van der Waals surface area contributed by atoms with Crippen LogP contribution in [0, 0.1) is 6.92 Å². The average Bonchev–Trinajstić information content (AvgIpc) is 2.95. The summed E-state index contributed by atoms with van der Waals surface area (Å²) in [6.07, 6.45) is 0.695. The highest BCUT2D eigenvalue weighted by Gasteiger charge is 2.22. The summed E-state index contributed by atoms with van der Waals surface area (Å²) < 4.78 is 26.0. The fraction of sp³-hybridized carbons (Fsp3) is 0.200. The van der Waals surface area contributed by atoms with Crippen LogP contribution < -0.4 is 0 Å². The van der Waals surface area contributed by atoms with E-state index >= 15 is 0 Å². The molecular weight excluding hydrogens is 306 g/mol. The fourth-order valence-electron chi connectivity index (χ4n) is 1.96. The Labute approximate surface area is 128 Å². The Balaban J connectivity index is 2.37. The lowest BCUT2D eigenvalue weighted by molar-refractivity contribution is -0.136. The van der Waals surface area contributed by atoms with Gasteiger partial charge in [0, 0.05) is 12.6 Å². The van der Waals surface area contributed by atoms with Gasteiger partial charge >= 0.3 is 5.97 Å². The van der Waals surface area contributed by atoms with E-state index in [0.29, 0.717) is 0 Å². The van der Waals surface area contributed by atoms with Gasteiger partial charge in [-0.15, -0.1) is 0 Å². The monoisotopic (exact) mass is 321 g/mol. The normalized spacial score (nSPS) is 11.3. The molecule has 0 saturated carbocycles. The van der Waals surface area contributed by atoms with E-state index in [4.69, 9.17) is 5.11 Å². The van der Waals surface area contributed by atoms with Crippen LogP contribution >= 0.6 is 0 Å². The molecule has 0 amide bonds. The van der Waals surface area contributed by atoms with E-state index in [0.717, 1.165) is 9.54 Å². The van der Waals surface area contributed by atoms with Crippen molar-refractivity contribution >= 4 is 21.8 Å². The van der Waals surface area contributed by atoms with Crippen LogP contribution in [-0.4, -0.2) is 29.2 Å². The minimum Gasteiger partial charge on any atom is -0.481 e. The van der Waals surface area contributed by atoms with Crippen LogP contribution in [0.4, 0.5) is 0 Å². The van der Waals surface area contributed by atoms with Gasteiger partial charge < -0.3 is 5.11 Å². The Morgan fingerprint density at radius 1 is 1.09 bits per heavy atom. The molecule has 0 unspecified atom stereocenters. The summed E-state index contributed by atoms with van der Waals surface area (Å²) in [5.74, 6) is -1.63. The summed E-state index contributed by atoms with van der Waals surface area (Å²) in [6, 6.07) is 9.09. The van der Waals surface area contributed by atoms with Crippen LogP contribution in [0.5, 0.6) is 0 Å². The van der Waals surface area contributed by atoms with Crippen LogP contribution in [0.2, 0.25) is 0 Å². The van der Waals surface area contributed by atoms with Crippen molar-refractivity contribution in [3.63, 3.8) is 0 Å². The standard InChI is InChI=1S/C15H15NO5S/c1-11-4-6-12(7-5-11)22(20,21)16-10-2-3-13(16)14(17)8-9-15(18)19/h2-7,10H,8-9H2,1H3,(H,18,19). The van der Waals surface area contributed by atoms with Crippen molar-refractivity contribution in [1.29, 1.82) is 0 Å². The molecule has 1 heterocycles. The Hall–Kier alpha value is -2.41. The molecule has 0 saturated heterocycles. The first-order valence-corrected chi connectivity index (χ1v) is 8.01. The quantitative estimate of drug-likeness (QED) is 0.822. The van der Waals surface area contributed by atoms with Crippen LogP contribution in [-0.2, 0) is 14.8 Å². The number of carbonyl (C=O) groups is 2. The van der Waals surface area contributed by atoms with Crippen LogP contribution in [0.25, 0.3) is 0 Å². The summed E-state index contributed by atoms with van der Waals surface area (Å²) in [4.78, 5) is 22.6. The molecule has 1 aromatic heterocycles.